The molecule has 4 nitrogen and oxygen atoms in total. The lowest BCUT2D eigenvalue weighted by atomic mass is 10.1. The molecule has 0 aliphatic heterocycles. The zero-order valence-electron chi connectivity index (χ0n) is 9.56. The minimum atomic E-state index is -0.108. The van der Waals surface area contributed by atoms with Crippen molar-refractivity contribution in [2.24, 2.45) is 0 Å². The summed E-state index contributed by atoms with van der Waals surface area (Å²) >= 11 is 5.77. The molecule has 3 N–H and O–H groups in total. The summed E-state index contributed by atoms with van der Waals surface area (Å²) in [6.07, 6.45) is 1.82. The van der Waals surface area contributed by atoms with Crippen LogP contribution in [0.2, 0.25) is 5.02 Å². The lowest BCUT2D eigenvalue weighted by Gasteiger charge is -2.05. The summed E-state index contributed by atoms with van der Waals surface area (Å²) < 4.78 is 0. The fourth-order valence-corrected chi connectivity index (χ4v) is 1.60. The predicted octanol–water partition coefficient (Wildman–Crippen LogP) is 2.50. The van der Waals surface area contributed by atoms with Crippen molar-refractivity contribution in [1.29, 1.82) is 0 Å². The van der Waals surface area contributed by atoms with E-state index in [0.717, 1.165) is 5.56 Å². The average Bonchev–Trinajstić information content (AvgIpc) is 2.35. The number of carbonyl (C=O) groups excluding carboxylic acids is 1. The number of nitrogens with two attached hydrogens (primary N) is 1. The summed E-state index contributed by atoms with van der Waals surface area (Å²) in [6, 6.07) is 10.5. The number of hydrogen-bond donors (Lipinski definition) is 2. The summed E-state index contributed by atoms with van der Waals surface area (Å²) in [5.41, 5.74) is 6.99. The van der Waals surface area contributed by atoms with Crippen molar-refractivity contribution in [3.05, 3.63) is 53.2 Å². The van der Waals surface area contributed by atoms with Gasteiger partial charge in [0.1, 0.15) is 5.82 Å². The van der Waals surface area contributed by atoms with Gasteiger partial charge in [0.2, 0.25) is 5.91 Å². The van der Waals surface area contributed by atoms with Gasteiger partial charge < -0.3 is 11.1 Å². The number of anilines is 2. The average molecular weight is 262 g/mol. The number of pyridine rings is 1. The topological polar surface area (TPSA) is 68.0 Å². The van der Waals surface area contributed by atoms with Crippen molar-refractivity contribution in [1.82, 2.24) is 4.98 Å². The number of rotatable bonds is 3. The smallest absolute Gasteiger partial charge is 0.228 e. The Morgan fingerprint density at radius 1 is 1.22 bits per heavy atom. The Bertz CT molecular complexity index is 488. The van der Waals surface area contributed by atoms with E-state index in [1.165, 1.54) is 6.20 Å². The van der Waals surface area contributed by atoms with Crippen LogP contribution in [0.3, 0.4) is 0 Å². The van der Waals surface area contributed by atoms with Gasteiger partial charge in [0.05, 0.1) is 18.3 Å². The molecular formula is C13H12ClN3O. The number of hydrogen-bond acceptors (Lipinski definition) is 3. The van der Waals surface area contributed by atoms with E-state index in [4.69, 9.17) is 17.3 Å². The van der Waals surface area contributed by atoms with Gasteiger partial charge in [-0.1, -0.05) is 23.7 Å². The highest BCUT2D eigenvalue weighted by molar-refractivity contribution is 6.30. The van der Waals surface area contributed by atoms with Crippen molar-refractivity contribution in [2.75, 3.05) is 11.1 Å². The maximum absolute atomic E-state index is 11.7. The zero-order valence-corrected chi connectivity index (χ0v) is 10.3. The first kappa shape index (κ1) is 12.4. The molecule has 92 valence electrons. The molecule has 18 heavy (non-hydrogen) atoms. The predicted molar refractivity (Wildman–Crippen MR) is 72.4 cm³/mol. The van der Waals surface area contributed by atoms with Crippen LogP contribution < -0.4 is 11.1 Å². The summed E-state index contributed by atoms with van der Waals surface area (Å²) in [5.74, 6) is 0.314. The SMILES string of the molecule is Nc1ccc(NC(=O)Cc2ccc(Cl)cc2)cn1. The van der Waals surface area contributed by atoms with Gasteiger partial charge in [-0.15, -0.1) is 0 Å². The Morgan fingerprint density at radius 2 is 1.94 bits per heavy atom. The highest BCUT2D eigenvalue weighted by Crippen LogP contribution is 2.11. The molecule has 2 rings (SSSR count). The number of nitrogens with one attached hydrogen (secondary N) is 1. The van der Waals surface area contributed by atoms with E-state index in [1.807, 2.05) is 12.1 Å². The maximum atomic E-state index is 11.7. The number of aromatic nitrogens is 1. The summed E-state index contributed by atoms with van der Waals surface area (Å²) in [6.45, 7) is 0. The van der Waals surface area contributed by atoms with Gasteiger partial charge in [0.15, 0.2) is 0 Å². The third-order valence-corrected chi connectivity index (χ3v) is 2.60. The van der Waals surface area contributed by atoms with Gasteiger partial charge >= 0.3 is 0 Å². The Hall–Kier alpha value is -2.07. The third kappa shape index (κ3) is 3.46. The molecule has 0 bridgehead atoms. The van der Waals surface area contributed by atoms with E-state index in [2.05, 4.69) is 10.3 Å². The molecule has 0 unspecified atom stereocenters. The quantitative estimate of drug-likeness (QED) is 0.892. The first-order chi connectivity index (χ1) is 8.63. The molecule has 0 aliphatic rings. The Morgan fingerprint density at radius 3 is 2.56 bits per heavy atom. The summed E-state index contributed by atoms with van der Waals surface area (Å²) in [7, 11) is 0. The molecule has 0 saturated heterocycles. The third-order valence-electron chi connectivity index (χ3n) is 2.35. The largest absolute Gasteiger partial charge is 0.384 e. The molecule has 1 aromatic heterocycles. The second kappa shape index (κ2) is 5.51. The molecule has 0 spiro atoms. The van der Waals surface area contributed by atoms with Crippen molar-refractivity contribution < 1.29 is 4.79 Å². The molecule has 1 amide bonds. The fourth-order valence-electron chi connectivity index (χ4n) is 1.47. The summed E-state index contributed by atoms with van der Waals surface area (Å²) in [5, 5.41) is 3.40. The second-order valence-electron chi connectivity index (χ2n) is 3.82. The van der Waals surface area contributed by atoms with Gasteiger partial charge in [0, 0.05) is 5.02 Å². The van der Waals surface area contributed by atoms with Crippen molar-refractivity contribution in [3.8, 4) is 0 Å². The number of carbonyl (C=O) groups is 1. The van der Waals surface area contributed by atoms with Crippen LogP contribution in [0, 0.1) is 0 Å². The van der Waals surface area contributed by atoms with Gasteiger partial charge in [-0.2, -0.15) is 0 Å². The Labute approximate surface area is 110 Å². The minimum Gasteiger partial charge on any atom is -0.384 e. The minimum absolute atomic E-state index is 0.108. The molecular weight excluding hydrogens is 250 g/mol. The number of amides is 1. The van der Waals surface area contributed by atoms with Crippen LogP contribution in [-0.4, -0.2) is 10.9 Å². The van der Waals surface area contributed by atoms with Crippen LogP contribution in [0.25, 0.3) is 0 Å². The highest BCUT2D eigenvalue weighted by atomic mass is 35.5. The first-order valence-electron chi connectivity index (χ1n) is 5.39. The standard InChI is InChI=1S/C13H12ClN3O/c14-10-3-1-9(2-4-10)7-13(18)17-11-5-6-12(15)16-8-11/h1-6,8H,7H2,(H2,15,16)(H,17,18). The van der Waals surface area contributed by atoms with Crippen LogP contribution in [0.1, 0.15) is 5.56 Å². The molecule has 0 aliphatic carbocycles. The van der Waals surface area contributed by atoms with Crippen molar-refractivity contribution in [3.63, 3.8) is 0 Å². The van der Waals surface area contributed by atoms with Crippen LogP contribution in [-0.2, 0) is 11.2 Å². The molecule has 0 radical (unpaired) electrons. The molecule has 0 saturated carbocycles. The van der Waals surface area contributed by atoms with Crippen LogP contribution in [0.15, 0.2) is 42.6 Å². The normalized spacial score (nSPS) is 10.1. The molecule has 2 aromatic rings. The van der Waals surface area contributed by atoms with Crippen molar-refractivity contribution >= 4 is 29.0 Å². The van der Waals surface area contributed by atoms with Crippen LogP contribution >= 0.6 is 11.6 Å². The zero-order chi connectivity index (χ0) is 13.0. The lowest BCUT2D eigenvalue weighted by molar-refractivity contribution is -0.115. The van der Waals surface area contributed by atoms with E-state index < -0.39 is 0 Å². The maximum Gasteiger partial charge on any atom is 0.228 e. The molecule has 0 atom stereocenters. The Balaban J connectivity index is 1.96. The van der Waals surface area contributed by atoms with E-state index in [9.17, 15) is 4.79 Å². The van der Waals surface area contributed by atoms with E-state index in [1.54, 1.807) is 24.3 Å². The molecule has 1 aromatic carbocycles. The van der Waals surface area contributed by atoms with Gasteiger partial charge in [0.25, 0.3) is 0 Å². The molecule has 0 fully saturated rings. The Kier molecular flexibility index (Phi) is 3.79. The van der Waals surface area contributed by atoms with Crippen molar-refractivity contribution in [2.45, 2.75) is 6.42 Å². The van der Waals surface area contributed by atoms with E-state index in [0.29, 0.717) is 22.9 Å². The van der Waals surface area contributed by atoms with E-state index >= 15 is 0 Å². The van der Waals surface area contributed by atoms with Crippen LogP contribution in [0.4, 0.5) is 11.5 Å². The number of nitrogens with zero attached hydrogens (tertiary/aromatic N) is 1. The number of nitrogen functional groups attached to an aromatic ring is 1. The second-order valence-corrected chi connectivity index (χ2v) is 4.26. The van der Waals surface area contributed by atoms with Gasteiger partial charge in [-0.3, -0.25) is 4.79 Å². The highest BCUT2D eigenvalue weighted by Gasteiger charge is 2.04. The first-order valence-corrected chi connectivity index (χ1v) is 5.77. The van der Waals surface area contributed by atoms with Crippen LogP contribution in [0.5, 0.6) is 0 Å². The fraction of sp³-hybridized carbons (Fsp3) is 0.0769. The number of halogens is 1. The van der Waals surface area contributed by atoms with Gasteiger partial charge in [-0.05, 0) is 29.8 Å². The monoisotopic (exact) mass is 261 g/mol. The summed E-state index contributed by atoms with van der Waals surface area (Å²) in [4.78, 5) is 15.6. The number of benzene rings is 1. The van der Waals surface area contributed by atoms with E-state index in [-0.39, 0.29) is 5.91 Å². The lowest BCUT2D eigenvalue weighted by Crippen LogP contribution is -2.14. The molecule has 5 heteroatoms. The van der Waals surface area contributed by atoms with Gasteiger partial charge in [-0.25, -0.2) is 4.98 Å². The molecule has 1 heterocycles.